The van der Waals surface area contributed by atoms with Gasteiger partial charge in [-0.2, -0.15) is 0 Å². The highest BCUT2D eigenvalue weighted by Gasteiger charge is 2.32. The zero-order valence-corrected chi connectivity index (χ0v) is 14.7. The van der Waals surface area contributed by atoms with Gasteiger partial charge in [0.05, 0.1) is 16.6 Å². The standard InChI is InChI=1S/C19H18ClFN2O2/c1-11-6-7-14(8-12(11)2)23-10-13(9-17(23)24)22-19(25)18-15(20)4-3-5-16(18)21/h3-8,13H,9-10H2,1-2H3,(H,22,25). The van der Waals surface area contributed by atoms with Crippen LogP contribution >= 0.6 is 11.6 Å². The van der Waals surface area contributed by atoms with Gasteiger partial charge in [0.2, 0.25) is 5.91 Å². The fourth-order valence-electron chi connectivity index (χ4n) is 2.92. The number of amides is 2. The highest BCUT2D eigenvalue weighted by molar-refractivity contribution is 6.33. The van der Waals surface area contributed by atoms with E-state index in [0.29, 0.717) is 6.54 Å². The number of carbonyl (C=O) groups is 2. The van der Waals surface area contributed by atoms with Crippen LogP contribution in [-0.4, -0.2) is 24.4 Å². The average Bonchev–Trinajstić information content (AvgIpc) is 2.90. The van der Waals surface area contributed by atoms with E-state index in [9.17, 15) is 14.0 Å². The third-order valence-corrected chi connectivity index (χ3v) is 4.77. The van der Waals surface area contributed by atoms with Crippen molar-refractivity contribution in [3.63, 3.8) is 0 Å². The molecule has 3 rings (SSSR count). The molecule has 4 nitrogen and oxygen atoms in total. The highest BCUT2D eigenvalue weighted by atomic mass is 35.5. The first-order valence-corrected chi connectivity index (χ1v) is 8.37. The number of halogens is 2. The van der Waals surface area contributed by atoms with Crippen LogP contribution in [0.25, 0.3) is 0 Å². The Morgan fingerprint density at radius 1 is 1.24 bits per heavy atom. The molecule has 0 spiro atoms. The molecule has 1 unspecified atom stereocenters. The van der Waals surface area contributed by atoms with Crippen LogP contribution in [0.15, 0.2) is 36.4 Å². The van der Waals surface area contributed by atoms with Gasteiger partial charge in [-0.25, -0.2) is 4.39 Å². The zero-order chi connectivity index (χ0) is 18.1. The summed E-state index contributed by atoms with van der Waals surface area (Å²) in [5, 5.41) is 2.76. The summed E-state index contributed by atoms with van der Waals surface area (Å²) >= 11 is 5.92. The van der Waals surface area contributed by atoms with Crippen LogP contribution in [0, 0.1) is 19.7 Å². The Hall–Kier alpha value is -2.40. The molecule has 1 N–H and O–H groups in total. The fourth-order valence-corrected chi connectivity index (χ4v) is 3.17. The van der Waals surface area contributed by atoms with Crippen molar-refractivity contribution >= 4 is 29.1 Å². The second-order valence-corrected chi connectivity index (χ2v) is 6.65. The van der Waals surface area contributed by atoms with Crippen molar-refractivity contribution in [1.82, 2.24) is 5.32 Å². The van der Waals surface area contributed by atoms with E-state index in [0.717, 1.165) is 16.8 Å². The predicted molar refractivity (Wildman–Crippen MR) is 95.6 cm³/mol. The van der Waals surface area contributed by atoms with E-state index in [2.05, 4.69) is 5.32 Å². The maximum atomic E-state index is 13.9. The number of aryl methyl sites for hydroxylation is 2. The first kappa shape index (κ1) is 17.4. The summed E-state index contributed by atoms with van der Waals surface area (Å²) in [6.45, 7) is 4.34. The SMILES string of the molecule is Cc1ccc(N2CC(NC(=O)c3c(F)cccc3Cl)CC2=O)cc1C. The van der Waals surface area contributed by atoms with Crippen molar-refractivity contribution in [3.05, 3.63) is 63.9 Å². The monoisotopic (exact) mass is 360 g/mol. The smallest absolute Gasteiger partial charge is 0.256 e. The zero-order valence-electron chi connectivity index (χ0n) is 14.0. The molecule has 1 fully saturated rings. The molecule has 0 aliphatic carbocycles. The summed E-state index contributed by atoms with van der Waals surface area (Å²) in [5.74, 6) is -1.36. The maximum Gasteiger partial charge on any atom is 0.256 e. The van der Waals surface area contributed by atoms with E-state index >= 15 is 0 Å². The lowest BCUT2D eigenvalue weighted by molar-refractivity contribution is -0.117. The summed E-state index contributed by atoms with van der Waals surface area (Å²) in [4.78, 5) is 26.3. The Balaban J connectivity index is 1.74. The van der Waals surface area contributed by atoms with Crippen LogP contribution in [0.3, 0.4) is 0 Å². The first-order valence-electron chi connectivity index (χ1n) is 7.99. The van der Waals surface area contributed by atoms with Crippen molar-refractivity contribution in [3.8, 4) is 0 Å². The quantitative estimate of drug-likeness (QED) is 0.908. The van der Waals surface area contributed by atoms with Gasteiger partial charge in [0.1, 0.15) is 5.82 Å². The maximum absolute atomic E-state index is 13.9. The third kappa shape index (κ3) is 3.51. The Morgan fingerprint density at radius 3 is 2.68 bits per heavy atom. The second kappa shape index (κ2) is 6.84. The number of benzene rings is 2. The van der Waals surface area contributed by atoms with Crippen molar-refractivity contribution in [2.45, 2.75) is 26.3 Å². The molecule has 1 aliphatic rings. The molecule has 130 valence electrons. The molecule has 0 saturated carbocycles. The minimum absolute atomic E-state index is 0.0489. The molecule has 1 heterocycles. The van der Waals surface area contributed by atoms with Crippen LogP contribution in [0.1, 0.15) is 27.9 Å². The predicted octanol–water partition coefficient (Wildman–Crippen LogP) is 3.63. The molecule has 1 atom stereocenters. The molecule has 6 heteroatoms. The van der Waals surface area contributed by atoms with Crippen LogP contribution in [0.5, 0.6) is 0 Å². The molecule has 2 amide bonds. The Bertz CT molecular complexity index is 833. The molecule has 2 aromatic rings. The molecular weight excluding hydrogens is 343 g/mol. The fraction of sp³-hybridized carbons (Fsp3) is 0.263. The van der Waals surface area contributed by atoms with Crippen LogP contribution in [-0.2, 0) is 4.79 Å². The summed E-state index contributed by atoms with van der Waals surface area (Å²) in [7, 11) is 0. The van der Waals surface area contributed by atoms with Gasteiger partial charge in [0.15, 0.2) is 0 Å². The first-order chi connectivity index (χ1) is 11.9. The number of anilines is 1. The van der Waals surface area contributed by atoms with Gasteiger partial charge in [-0.3, -0.25) is 9.59 Å². The minimum Gasteiger partial charge on any atom is -0.347 e. The molecule has 2 aromatic carbocycles. The van der Waals surface area contributed by atoms with E-state index in [1.807, 2.05) is 32.0 Å². The van der Waals surface area contributed by atoms with E-state index in [1.54, 1.807) is 4.90 Å². The summed E-state index contributed by atoms with van der Waals surface area (Å²) in [6.07, 6.45) is 0.171. The van der Waals surface area contributed by atoms with Crippen LogP contribution in [0.4, 0.5) is 10.1 Å². The van der Waals surface area contributed by atoms with E-state index in [-0.39, 0.29) is 22.9 Å². The van der Waals surface area contributed by atoms with E-state index in [1.165, 1.54) is 18.2 Å². The van der Waals surface area contributed by atoms with Gasteiger partial charge in [-0.05, 0) is 49.2 Å². The van der Waals surface area contributed by atoms with Crippen molar-refractivity contribution in [2.75, 3.05) is 11.4 Å². The van der Waals surface area contributed by atoms with Crippen molar-refractivity contribution in [1.29, 1.82) is 0 Å². The van der Waals surface area contributed by atoms with E-state index < -0.39 is 17.8 Å². The molecule has 1 aliphatic heterocycles. The Kier molecular flexibility index (Phi) is 4.77. The topological polar surface area (TPSA) is 49.4 Å². The van der Waals surface area contributed by atoms with Gasteiger partial charge in [-0.1, -0.05) is 23.7 Å². The number of rotatable bonds is 3. The van der Waals surface area contributed by atoms with Crippen molar-refractivity contribution in [2.24, 2.45) is 0 Å². The van der Waals surface area contributed by atoms with Gasteiger partial charge >= 0.3 is 0 Å². The molecule has 1 saturated heterocycles. The Morgan fingerprint density at radius 2 is 2.00 bits per heavy atom. The largest absolute Gasteiger partial charge is 0.347 e. The lowest BCUT2D eigenvalue weighted by atomic mass is 10.1. The summed E-state index contributed by atoms with van der Waals surface area (Å²) < 4.78 is 13.9. The molecule has 25 heavy (non-hydrogen) atoms. The number of hydrogen-bond acceptors (Lipinski definition) is 2. The molecular formula is C19H18ClFN2O2. The van der Waals surface area contributed by atoms with Crippen LogP contribution < -0.4 is 10.2 Å². The highest BCUT2D eigenvalue weighted by Crippen LogP contribution is 2.25. The van der Waals surface area contributed by atoms with Gasteiger partial charge < -0.3 is 10.2 Å². The summed E-state index contributed by atoms with van der Waals surface area (Å²) in [5.41, 5.74) is 2.85. The van der Waals surface area contributed by atoms with E-state index in [4.69, 9.17) is 11.6 Å². The molecule has 0 radical (unpaired) electrons. The normalized spacial score (nSPS) is 17.0. The lowest BCUT2D eigenvalue weighted by Crippen LogP contribution is -2.37. The molecule has 0 bridgehead atoms. The number of nitrogens with one attached hydrogen (secondary N) is 1. The third-order valence-electron chi connectivity index (χ3n) is 4.45. The number of carbonyl (C=O) groups excluding carboxylic acids is 2. The number of hydrogen-bond donors (Lipinski definition) is 1. The van der Waals surface area contributed by atoms with Crippen molar-refractivity contribution < 1.29 is 14.0 Å². The van der Waals surface area contributed by atoms with Gasteiger partial charge in [-0.15, -0.1) is 0 Å². The second-order valence-electron chi connectivity index (χ2n) is 6.24. The van der Waals surface area contributed by atoms with Gasteiger partial charge in [0.25, 0.3) is 5.91 Å². The van der Waals surface area contributed by atoms with Gasteiger partial charge in [0, 0.05) is 18.7 Å². The summed E-state index contributed by atoms with van der Waals surface area (Å²) in [6, 6.07) is 9.49. The number of nitrogens with zero attached hydrogens (tertiary/aromatic N) is 1. The Labute approximate surface area is 150 Å². The van der Waals surface area contributed by atoms with Crippen LogP contribution in [0.2, 0.25) is 5.02 Å². The minimum atomic E-state index is -0.680. The average molecular weight is 361 g/mol. The molecule has 0 aromatic heterocycles. The lowest BCUT2D eigenvalue weighted by Gasteiger charge is -2.18.